The lowest BCUT2D eigenvalue weighted by atomic mass is 9.85. The van der Waals surface area contributed by atoms with Gasteiger partial charge in [-0.05, 0) is 58.8 Å². The number of phenolic OH excluding ortho intramolecular Hbond substituents is 1. The number of carbonyl (C=O) groups is 1. The van der Waals surface area contributed by atoms with E-state index in [0.717, 1.165) is 16.5 Å². The Morgan fingerprint density at radius 1 is 1.00 bits per heavy atom. The molecule has 0 bridgehead atoms. The van der Waals surface area contributed by atoms with Crippen LogP contribution >= 0.6 is 0 Å². The summed E-state index contributed by atoms with van der Waals surface area (Å²) in [5.41, 5.74) is 2.41. The Labute approximate surface area is 161 Å². The lowest BCUT2D eigenvalue weighted by Gasteiger charge is -2.23. The van der Waals surface area contributed by atoms with Gasteiger partial charge in [-0.3, -0.25) is 9.59 Å². The van der Waals surface area contributed by atoms with Gasteiger partial charge in [0.2, 0.25) is 0 Å². The summed E-state index contributed by atoms with van der Waals surface area (Å²) in [4.78, 5) is 31.2. The van der Waals surface area contributed by atoms with Gasteiger partial charge in [-0.25, -0.2) is 0 Å². The molecule has 4 N–H and O–H groups in total. The van der Waals surface area contributed by atoms with Crippen molar-refractivity contribution in [2.75, 3.05) is 5.32 Å². The molecule has 0 aliphatic heterocycles. The fraction of sp³-hybridized carbons (Fsp3) is 0.182. The fourth-order valence-electron chi connectivity index (χ4n) is 3.38. The molecule has 0 fully saturated rings. The lowest BCUT2D eigenvalue weighted by Crippen LogP contribution is -2.25. The summed E-state index contributed by atoms with van der Waals surface area (Å²) in [6.07, 6.45) is 1.85. The van der Waals surface area contributed by atoms with Crippen molar-refractivity contribution < 1.29 is 9.90 Å². The second kappa shape index (κ2) is 6.27. The van der Waals surface area contributed by atoms with Gasteiger partial charge >= 0.3 is 0 Å². The predicted octanol–water partition coefficient (Wildman–Crippen LogP) is 4.26. The minimum atomic E-state index is -0.497. The number of phenols is 1. The largest absolute Gasteiger partial charge is 0.508 e. The molecule has 2 aromatic heterocycles. The van der Waals surface area contributed by atoms with Gasteiger partial charge in [0.15, 0.2) is 0 Å². The average Bonchev–Trinajstić information content (AvgIpc) is 3.07. The predicted molar refractivity (Wildman–Crippen MR) is 111 cm³/mol. The van der Waals surface area contributed by atoms with Crippen LogP contribution in [0.5, 0.6) is 5.75 Å². The van der Waals surface area contributed by atoms with E-state index < -0.39 is 11.5 Å². The number of rotatable bonds is 2. The van der Waals surface area contributed by atoms with Crippen LogP contribution in [0.4, 0.5) is 5.69 Å². The van der Waals surface area contributed by atoms with Crippen molar-refractivity contribution in [3.8, 4) is 5.75 Å². The number of carbonyl (C=O) groups excluding carboxylic acids is 1. The van der Waals surface area contributed by atoms with Crippen LogP contribution in [0.15, 0.2) is 53.5 Å². The summed E-state index contributed by atoms with van der Waals surface area (Å²) in [7, 11) is 0. The maximum absolute atomic E-state index is 12.9. The second-order valence-corrected chi connectivity index (χ2v) is 7.95. The SMILES string of the molecule is CC(C)(C)c1cc2cc[nH]c2cc1NC(=O)c1cc2cc(O)ccc2[nH]c1=O. The molecule has 6 heteroatoms. The Hall–Kier alpha value is -3.54. The first-order chi connectivity index (χ1) is 13.2. The van der Waals surface area contributed by atoms with Gasteiger partial charge in [0.1, 0.15) is 11.3 Å². The first-order valence-electron chi connectivity index (χ1n) is 9.01. The maximum Gasteiger partial charge on any atom is 0.261 e. The maximum atomic E-state index is 12.9. The number of pyridine rings is 1. The van der Waals surface area contributed by atoms with Crippen molar-refractivity contribution in [1.29, 1.82) is 0 Å². The molecular weight excluding hydrogens is 354 g/mol. The zero-order valence-corrected chi connectivity index (χ0v) is 15.9. The number of aromatic nitrogens is 2. The Kier molecular flexibility index (Phi) is 4.00. The van der Waals surface area contributed by atoms with Gasteiger partial charge in [-0.2, -0.15) is 0 Å². The summed E-state index contributed by atoms with van der Waals surface area (Å²) in [6, 6.07) is 12.0. The van der Waals surface area contributed by atoms with Crippen LogP contribution in [0, 0.1) is 0 Å². The minimum Gasteiger partial charge on any atom is -0.508 e. The number of anilines is 1. The molecule has 0 unspecified atom stereocenters. The minimum absolute atomic E-state index is 0.00968. The molecule has 1 amide bonds. The van der Waals surface area contributed by atoms with Crippen molar-refractivity contribution >= 4 is 33.4 Å². The van der Waals surface area contributed by atoms with Crippen LogP contribution in [0.2, 0.25) is 0 Å². The summed E-state index contributed by atoms with van der Waals surface area (Å²) < 4.78 is 0. The van der Waals surface area contributed by atoms with E-state index in [-0.39, 0.29) is 16.7 Å². The van der Waals surface area contributed by atoms with Crippen molar-refractivity contribution in [3.05, 3.63) is 70.1 Å². The van der Waals surface area contributed by atoms with E-state index in [1.807, 2.05) is 24.4 Å². The highest BCUT2D eigenvalue weighted by Crippen LogP contribution is 2.33. The number of hydrogen-bond donors (Lipinski definition) is 4. The van der Waals surface area contributed by atoms with E-state index in [9.17, 15) is 14.7 Å². The molecule has 0 atom stereocenters. The first-order valence-corrected chi connectivity index (χ1v) is 9.01. The van der Waals surface area contributed by atoms with Gasteiger partial charge in [0.25, 0.3) is 11.5 Å². The van der Waals surface area contributed by atoms with E-state index in [2.05, 4.69) is 36.1 Å². The molecule has 0 aliphatic carbocycles. The number of benzene rings is 2. The lowest BCUT2D eigenvalue weighted by molar-refractivity contribution is 0.102. The van der Waals surface area contributed by atoms with E-state index in [1.54, 1.807) is 6.07 Å². The summed E-state index contributed by atoms with van der Waals surface area (Å²) in [5.74, 6) is -0.430. The summed E-state index contributed by atoms with van der Waals surface area (Å²) >= 11 is 0. The van der Waals surface area contributed by atoms with Crippen LogP contribution in [-0.2, 0) is 5.41 Å². The Morgan fingerprint density at radius 3 is 2.54 bits per heavy atom. The van der Waals surface area contributed by atoms with Crippen molar-refractivity contribution in [3.63, 3.8) is 0 Å². The molecule has 28 heavy (non-hydrogen) atoms. The van der Waals surface area contributed by atoms with E-state index in [0.29, 0.717) is 16.6 Å². The van der Waals surface area contributed by atoms with E-state index >= 15 is 0 Å². The van der Waals surface area contributed by atoms with Crippen molar-refractivity contribution in [1.82, 2.24) is 9.97 Å². The molecule has 4 aromatic rings. The molecule has 0 saturated carbocycles. The topological polar surface area (TPSA) is 98.0 Å². The third-order valence-electron chi connectivity index (χ3n) is 4.82. The highest BCUT2D eigenvalue weighted by molar-refractivity contribution is 6.07. The van der Waals surface area contributed by atoms with Crippen LogP contribution in [0.1, 0.15) is 36.7 Å². The van der Waals surface area contributed by atoms with Crippen LogP contribution in [-0.4, -0.2) is 21.0 Å². The van der Waals surface area contributed by atoms with Gasteiger partial charge in [0, 0.05) is 28.3 Å². The number of hydrogen-bond acceptors (Lipinski definition) is 3. The number of aromatic hydroxyl groups is 1. The number of amides is 1. The number of aromatic amines is 2. The van der Waals surface area contributed by atoms with E-state index in [4.69, 9.17) is 0 Å². The van der Waals surface area contributed by atoms with Crippen LogP contribution in [0.3, 0.4) is 0 Å². The van der Waals surface area contributed by atoms with Crippen molar-refractivity contribution in [2.45, 2.75) is 26.2 Å². The molecule has 142 valence electrons. The van der Waals surface area contributed by atoms with Crippen molar-refractivity contribution in [2.24, 2.45) is 0 Å². The molecule has 0 spiro atoms. The highest BCUT2D eigenvalue weighted by Gasteiger charge is 2.22. The monoisotopic (exact) mass is 375 g/mol. The zero-order valence-electron chi connectivity index (χ0n) is 15.9. The molecular formula is C22H21N3O3. The molecule has 0 radical (unpaired) electrons. The first kappa shape index (κ1) is 17.9. The molecule has 0 saturated heterocycles. The van der Waals surface area contributed by atoms with Crippen LogP contribution < -0.4 is 10.9 Å². The Balaban J connectivity index is 1.79. The molecule has 0 aliphatic rings. The molecule has 2 aromatic carbocycles. The Morgan fingerprint density at radius 2 is 1.79 bits per heavy atom. The number of nitrogens with one attached hydrogen (secondary N) is 3. The second-order valence-electron chi connectivity index (χ2n) is 7.95. The Bertz CT molecular complexity index is 1280. The normalized spacial score (nSPS) is 11.8. The fourth-order valence-corrected chi connectivity index (χ4v) is 3.38. The van der Waals surface area contributed by atoms with Gasteiger partial charge in [-0.15, -0.1) is 0 Å². The number of H-pyrrole nitrogens is 2. The zero-order chi connectivity index (χ0) is 20.1. The summed E-state index contributed by atoms with van der Waals surface area (Å²) in [6.45, 7) is 6.21. The molecule has 2 heterocycles. The summed E-state index contributed by atoms with van der Waals surface area (Å²) in [5, 5.41) is 14.2. The smallest absolute Gasteiger partial charge is 0.261 e. The van der Waals surface area contributed by atoms with Gasteiger partial charge in [-0.1, -0.05) is 20.8 Å². The highest BCUT2D eigenvalue weighted by atomic mass is 16.3. The third-order valence-corrected chi connectivity index (χ3v) is 4.82. The molecule has 6 nitrogen and oxygen atoms in total. The van der Waals surface area contributed by atoms with E-state index in [1.165, 1.54) is 18.2 Å². The third kappa shape index (κ3) is 3.13. The average molecular weight is 375 g/mol. The number of fused-ring (bicyclic) bond motifs is 2. The van der Waals surface area contributed by atoms with Crippen LogP contribution in [0.25, 0.3) is 21.8 Å². The van der Waals surface area contributed by atoms with Gasteiger partial charge in [0.05, 0.1) is 0 Å². The van der Waals surface area contributed by atoms with Gasteiger partial charge < -0.3 is 20.4 Å². The quantitative estimate of drug-likeness (QED) is 0.421. The standard InChI is InChI=1S/C22H21N3O3/c1-22(2,3)16-10-12-6-7-23-18(12)11-19(16)25-21(28)15-9-13-8-14(26)4-5-17(13)24-20(15)27/h4-11,23,26H,1-3H3,(H,24,27)(H,25,28). The molecule has 4 rings (SSSR count).